The van der Waals surface area contributed by atoms with Crippen LogP contribution in [0.2, 0.25) is 0 Å². The van der Waals surface area contributed by atoms with Crippen LogP contribution in [0.4, 0.5) is 0 Å². The van der Waals surface area contributed by atoms with Gasteiger partial charge in [0.05, 0.1) is 12.4 Å². The normalized spacial score (nSPS) is 11.3. The molecule has 0 aliphatic heterocycles. The highest BCUT2D eigenvalue weighted by atomic mass is 32.2. The molecule has 0 aromatic heterocycles. The van der Waals surface area contributed by atoms with E-state index in [4.69, 9.17) is 9.84 Å². The third kappa shape index (κ3) is 5.75. The van der Waals surface area contributed by atoms with E-state index in [1.54, 1.807) is 0 Å². The first-order chi connectivity index (χ1) is 7.90. The fourth-order valence-electron chi connectivity index (χ4n) is 1.20. The molecule has 0 unspecified atom stereocenters. The van der Waals surface area contributed by atoms with Gasteiger partial charge in [-0.25, -0.2) is 0 Å². The molecule has 0 aliphatic rings. The van der Waals surface area contributed by atoms with Crippen LogP contribution in [0.3, 0.4) is 0 Å². The number of benzene rings is 1. The molecule has 1 aromatic rings. The molecule has 0 bridgehead atoms. The van der Waals surface area contributed by atoms with Crippen LogP contribution in [-0.2, 0) is 16.1 Å². The Labute approximate surface area is 106 Å². The Morgan fingerprint density at radius 1 is 1.29 bits per heavy atom. The van der Waals surface area contributed by atoms with E-state index < -0.39 is 5.60 Å². The SMILES string of the molecule is CC(C)(C)OC(=O)CSc1ccc(CO)cc1. The summed E-state index contributed by atoms with van der Waals surface area (Å²) in [5, 5.41) is 8.89. The second-order valence-corrected chi connectivity index (χ2v) is 5.73. The predicted molar refractivity (Wildman–Crippen MR) is 68.9 cm³/mol. The number of ether oxygens (including phenoxy) is 1. The first-order valence-corrected chi connectivity index (χ1v) is 6.44. The lowest BCUT2D eigenvalue weighted by molar-refractivity contribution is -0.151. The molecule has 0 saturated carbocycles. The monoisotopic (exact) mass is 254 g/mol. The summed E-state index contributed by atoms with van der Waals surface area (Å²) in [6.07, 6.45) is 0. The van der Waals surface area contributed by atoms with Crippen LogP contribution in [0.5, 0.6) is 0 Å². The summed E-state index contributed by atoms with van der Waals surface area (Å²) < 4.78 is 5.20. The van der Waals surface area contributed by atoms with Gasteiger partial charge in [-0.05, 0) is 38.5 Å². The molecule has 17 heavy (non-hydrogen) atoms. The molecular weight excluding hydrogens is 236 g/mol. The largest absolute Gasteiger partial charge is 0.459 e. The quantitative estimate of drug-likeness (QED) is 0.662. The summed E-state index contributed by atoms with van der Waals surface area (Å²) in [5.41, 5.74) is 0.435. The summed E-state index contributed by atoms with van der Waals surface area (Å²) in [6.45, 7) is 5.60. The van der Waals surface area contributed by atoms with E-state index in [1.165, 1.54) is 11.8 Å². The summed E-state index contributed by atoms with van der Waals surface area (Å²) in [4.78, 5) is 12.5. The van der Waals surface area contributed by atoms with E-state index in [2.05, 4.69) is 0 Å². The lowest BCUT2D eigenvalue weighted by atomic mass is 10.2. The Morgan fingerprint density at radius 3 is 2.35 bits per heavy atom. The molecule has 0 spiro atoms. The third-order valence-corrected chi connectivity index (χ3v) is 2.87. The van der Waals surface area contributed by atoms with Crippen molar-refractivity contribution in [3.05, 3.63) is 29.8 Å². The van der Waals surface area contributed by atoms with E-state index in [9.17, 15) is 4.79 Å². The summed E-state index contributed by atoms with van der Waals surface area (Å²) in [7, 11) is 0. The average molecular weight is 254 g/mol. The van der Waals surface area contributed by atoms with Crippen molar-refractivity contribution in [3.63, 3.8) is 0 Å². The maximum absolute atomic E-state index is 11.5. The van der Waals surface area contributed by atoms with Gasteiger partial charge in [-0.15, -0.1) is 11.8 Å². The molecule has 0 fully saturated rings. The lowest BCUT2D eigenvalue weighted by Gasteiger charge is -2.19. The number of aliphatic hydroxyl groups is 1. The minimum Gasteiger partial charge on any atom is -0.459 e. The van der Waals surface area contributed by atoms with Crippen LogP contribution in [-0.4, -0.2) is 22.4 Å². The molecule has 0 saturated heterocycles. The zero-order chi connectivity index (χ0) is 12.9. The number of hydrogen-bond donors (Lipinski definition) is 1. The van der Waals surface area contributed by atoms with Crippen LogP contribution in [0.1, 0.15) is 26.3 Å². The van der Waals surface area contributed by atoms with E-state index in [0.29, 0.717) is 5.75 Å². The highest BCUT2D eigenvalue weighted by Crippen LogP contribution is 2.19. The number of aliphatic hydroxyl groups excluding tert-OH is 1. The average Bonchev–Trinajstić information content (AvgIpc) is 2.25. The third-order valence-electron chi connectivity index (χ3n) is 1.88. The smallest absolute Gasteiger partial charge is 0.316 e. The Hall–Kier alpha value is -1.00. The van der Waals surface area contributed by atoms with Crippen molar-refractivity contribution in [2.24, 2.45) is 0 Å². The van der Waals surface area contributed by atoms with Crippen molar-refractivity contribution in [2.75, 3.05) is 5.75 Å². The van der Waals surface area contributed by atoms with Gasteiger partial charge in [-0.2, -0.15) is 0 Å². The van der Waals surface area contributed by atoms with Crippen molar-refractivity contribution in [1.29, 1.82) is 0 Å². The zero-order valence-corrected chi connectivity index (χ0v) is 11.2. The van der Waals surface area contributed by atoms with Crippen molar-refractivity contribution in [2.45, 2.75) is 37.9 Å². The van der Waals surface area contributed by atoms with Crippen LogP contribution < -0.4 is 0 Å². The second kappa shape index (κ2) is 6.07. The van der Waals surface area contributed by atoms with Crippen molar-refractivity contribution >= 4 is 17.7 Å². The molecule has 1 N–H and O–H groups in total. The predicted octanol–water partition coefficient (Wildman–Crippen LogP) is 2.61. The Morgan fingerprint density at radius 2 is 1.88 bits per heavy atom. The van der Waals surface area contributed by atoms with Gasteiger partial charge in [0.25, 0.3) is 0 Å². The van der Waals surface area contributed by atoms with Crippen LogP contribution >= 0.6 is 11.8 Å². The van der Waals surface area contributed by atoms with E-state index in [-0.39, 0.29) is 12.6 Å². The first kappa shape index (κ1) is 14.1. The summed E-state index contributed by atoms with van der Waals surface area (Å²) in [6, 6.07) is 7.47. The summed E-state index contributed by atoms with van der Waals surface area (Å²) >= 11 is 1.43. The number of esters is 1. The maximum atomic E-state index is 11.5. The molecule has 1 rings (SSSR count). The van der Waals surface area contributed by atoms with Gasteiger partial charge in [-0.1, -0.05) is 12.1 Å². The zero-order valence-electron chi connectivity index (χ0n) is 10.4. The molecule has 0 heterocycles. The molecule has 3 nitrogen and oxygen atoms in total. The molecular formula is C13H18O3S. The Bertz CT molecular complexity index is 365. The van der Waals surface area contributed by atoms with Crippen molar-refractivity contribution < 1.29 is 14.6 Å². The molecule has 0 atom stereocenters. The second-order valence-electron chi connectivity index (χ2n) is 4.68. The topological polar surface area (TPSA) is 46.5 Å². The Kier molecular flexibility index (Phi) is 5.02. The first-order valence-electron chi connectivity index (χ1n) is 5.45. The molecule has 0 radical (unpaired) electrons. The fourth-order valence-corrected chi connectivity index (χ4v) is 1.88. The Balaban J connectivity index is 2.42. The van der Waals surface area contributed by atoms with Gasteiger partial charge in [0.1, 0.15) is 5.60 Å². The van der Waals surface area contributed by atoms with E-state index in [1.807, 2.05) is 45.0 Å². The number of thioether (sulfide) groups is 1. The lowest BCUT2D eigenvalue weighted by Crippen LogP contribution is -2.24. The highest BCUT2D eigenvalue weighted by molar-refractivity contribution is 8.00. The number of carbonyl (C=O) groups excluding carboxylic acids is 1. The van der Waals surface area contributed by atoms with E-state index in [0.717, 1.165) is 10.5 Å². The van der Waals surface area contributed by atoms with Crippen LogP contribution in [0.25, 0.3) is 0 Å². The van der Waals surface area contributed by atoms with Crippen molar-refractivity contribution in [1.82, 2.24) is 0 Å². The van der Waals surface area contributed by atoms with Gasteiger partial charge in [-0.3, -0.25) is 4.79 Å². The fraction of sp³-hybridized carbons (Fsp3) is 0.462. The minimum atomic E-state index is -0.432. The maximum Gasteiger partial charge on any atom is 0.316 e. The molecule has 4 heteroatoms. The molecule has 94 valence electrons. The van der Waals surface area contributed by atoms with Crippen LogP contribution in [0.15, 0.2) is 29.2 Å². The van der Waals surface area contributed by atoms with E-state index >= 15 is 0 Å². The van der Waals surface area contributed by atoms with Gasteiger partial charge >= 0.3 is 5.97 Å². The molecule has 1 aromatic carbocycles. The number of carbonyl (C=O) groups is 1. The van der Waals surface area contributed by atoms with Gasteiger partial charge in [0.15, 0.2) is 0 Å². The van der Waals surface area contributed by atoms with Crippen LogP contribution in [0, 0.1) is 0 Å². The molecule has 0 aliphatic carbocycles. The standard InChI is InChI=1S/C13H18O3S/c1-13(2,3)16-12(15)9-17-11-6-4-10(8-14)5-7-11/h4-7,14H,8-9H2,1-3H3. The number of hydrogen-bond acceptors (Lipinski definition) is 4. The minimum absolute atomic E-state index is 0.0387. The van der Waals surface area contributed by atoms with Crippen molar-refractivity contribution in [3.8, 4) is 0 Å². The summed E-state index contributed by atoms with van der Waals surface area (Å²) in [5.74, 6) is 0.0872. The molecule has 0 amide bonds. The van der Waals surface area contributed by atoms with Gasteiger partial charge < -0.3 is 9.84 Å². The van der Waals surface area contributed by atoms with Gasteiger partial charge in [0, 0.05) is 4.90 Å². The number of rotatable bonds is 4. The highest BCUT2D eigenvalue weighted by Gasteiger charge is 2.16. The van der Waals surface area contributed by atoms with Gasteiger partial charge in [0.2, 0.25) is 0 Å².